The third-order valence-electron chi connectivity index (χ3n) is 12.5. The van der Waals surface area contributed by atoms with Crippen molar-refractivity contribution in [2.75, 3.05) is 4.90 Å². The summed E-state index contributed by atoms with van der Waals surface area (Å²) >= 11 is 0. The zero-order valence-corrected chi connectivity index (χ0v) is 26.4. The number of nitrogens with zero attached hydrogens (tertiary/aromatic N) is 1. The van der Waals surface area contributed by atoms with Crippen LogP contribution in [-0.4, -0.2) is 0 Å². The Hall–Kier alpha value is -4.30. The molecule has 1 heterocycles. The summed E-state index contributed by atoms with van der Waals surface area (Å²) in [5.41, 5.74) is 10.9. The van der Waals surface area contributed by atoms with Crippen LogP contribution in [0.4, 0.5) is 17.1 Å². The lowest BCUT2D eigenvalue weighted by molar-refractivity contribution is 0.420. The highest BCUT2D eigenvalue weighted by atomic mass is 16.3. The molecule has 4 fully saturated rings. The highest BCUT2D eigenvalue weighted by Gasteiger charge is 2.41. The Bertz CT molecular complexity index is 1960. The predicted octanol–water partition coefficient (Wildman–Crippen LogP) is 12.5. The summed E-state index contributed by atoms with van der Waals surface area (Å²) in [7, 11) is 0. The van der Waals surface area contributed by atoms with Crippen molar-refractivity contribution in [2.24, 2.45) is 23.7 Å². The van der Waals surface area contributed by atoms with Gasteiger partial charge in [-0.1, -0.05) is 85.6 Å². The smallest absolute Gasteiger partial charge is 0.143 e. The molecule has 6 unspecified atom stereocenters. The van der Waals surface area contributed by atoms with E-state index in [-0.39, 0.29) is 0 Å². The van der Waals surface area contributed by atoms with Crippen molar-refractivity contribution in [2.45, 2.75) is 63.2 Å². The first-order chi connectivity index (χ1) is 22.7. The highest BCUT2D eigenvalue weighted by Crippen LogP contribution is 2.54. The van der Waals surface area contributed by atoms with Crippen molar-refractivity contribution in [3.63, 3.8) is 0 Å². The van der Waals surface area contributed by atoms with E-state index in [1.165, 1.54) is 95.9 Å². The van der Waals surface area contributed by atoms with E-state index >= 15 is 0 Å². The Balaban J connectivity index is 1.01. The van der Waals surface area contributed by atoms with Gasteiger partial charge in [0, 0.05) is 33.4 Å². The third kappa shape index (κ3) is 4.37. The minimum absolute atomic E-state index is 0.752. The minimum Gasteiger partial charge on any atom is -0.455 e. The van der Waals surface area contributed by atoms with Crippen molar-refractivity contribution in [3.8, 4) is 11.1 Å². The molecule has 0 N–H and O–H groups in total. The fraction of sp³-hybridized carbons (Fsp3) is 0.318. The van der Waals surface area contributed by atoms with Gasteiger partial charge in [-0.2, -0.15) is 0 Å². The molecule has 2 heteroatoms. The molecule has 46 heavy (non-hydrogen) atoms. The van der Waals surface area contributed by atoms with Crippen LogP contribution in [0.5, 0.6) is 0 Å². The molecule has 1 aromatic heterocycles. The molecule has 4 aliphatic rings. The number of furan rings is 1. The van der Waals surface area contributed by atoms with E-state index in [1.807, 2.05) is 6.07 Å². The van der Waals surface area contributed by atoms with Crippen LogP contribution in [0, 0.1) is 23.7 Å². The van der Waals surface area contributed by atoms with E-state index in [9.17, 15) is 0 Å². The van der Waals surface area contributed by atoms with E-state index in [2.05, 4.69) is 114 Å². The number of hydrogen-bond acceptors (Lipinski definition) is 2. The first-order valence-electron chi connectivity index (χ1n) is 17.8. The lowest BCUT2D eigenvalue weighted by Crippen LogP contribution is -2.12. The van der Waals surface area contributed by atoms with Gasteiger partial charge in [0.05, 0.1) is 0 Å². The third-order valence-corrected chi connectivity index (χ3v) is 12.5. The molecule has 6 atom stereocenters. The number of para-hydroxylation sites is 2. The van der Waals surface area contributed by atoms with Gasteiger partial charge in [0.1, 0.15) is 11.2 Å². The summed E-state index contributed by atoms with van der Waals surface area (Å²) in [6.07, 6.45) is 11.4. The van der Waals surface area contributed by atoms with E-state index in [0.717, 1.165) is 52.2 Å². The SMILES string of the molecule is c1ccc2c(c1)oc1c(-c3ccc(N(c4ccc(C5CC6CCC5C6)cc4)c4ccc(C5CC6CCC5C6)cc4)cc3)cccc12. The second kappa shape index (κ2) is 10.6. The summed E-state index contributed by atoms with van der Waals surface area (Å²) < 4.78 is 6.39. The molecule has 0 spiro atoms. The van der Waals surface area contributed by atoms with Crippen LogP contribution in [0.3, 0.4) is 0 Å². The molecule has 0 radical (unpaired) electrons. The molecule has 5 aromatic carbocycles. The van der Waals surface area contributed by atoms with Crippen molar-refractivity contribution < 1.29 is 4.42 Å². The van der Waals surface area contributed by atoms with Crippen molar-refractivity contribution in [1.29, 1.82) is 0 Å². The average molecular weight is 600 g/mol. The maximum atomic E-state index is 6.39. The second-order valence-corrected chi connectivity index (χ2v) is 14.9. The van der Waals surface area contributed by atoms with Crippen molar-refractivity contribution in [1.82, 2.24) is 0 Å². The van der Waals surface area contributed by atoms with E-state index in [4.69, 9.17) is 4.42 Å². The molecule has 4 aliphatic carbocycles. The van der Waals surface area contributed by atoms with Gasteiger partial charge in [0.25, 0.3) is 0 Å². The Morgan fingerprint density at radius 1 is 0.478 bits per heavy atom. The average Bonchev–Trinajstić information content (AvgIpc) is 3.97. The number of fused-ring (bicyclic) bond motifs is 7. The van der Waals surface area contributed by atoms with Crippen molar-refractivity contribution in [3.05, 3.63) is 126 Å². The van der Waals surface area contributed by atoms with Crippen LogP contribution in [-0.2, 0) is 0 Å². The van der Waals surface area contributed by atoms with Gasteiger partial charge in [-0.25, -0.2) is 0 Å². The van der Waals surface area contributed by atoms with E-state index in [0.29, 0.717) is 0 Å². The second-order valence-electron chi connectivity index (χ2n) is 14.9. The number of hydrogen-bond donors (Lipinski definition) is 0. The van der Waals surface area contributed by atoms with Gasteiger partial charge >= 0.3 is 0 Å². The van der Waals surface area contributed by atoms with Crippen LogP contribution in [0.25, 0.3) is 33.1 Å². The minimum atomic E-state index is 0.752. The van der Waals surface area contributed by atoms with Gasteiger partial charge in [-0.05, 0) is 133 Å². The summed E-state index contributed by atoms with van der Waals surface area (Å²) in [5.74, 6) is 5.22. The topological polar surface area (TPSA) is 16.4 Å². The van der Waals surface area contributed by atoms with Gasteiger partial charge < -0.3 is 9.32 Å². The lowest BCUT2D eigenvalue weighted by Gasteiger charge is -2.28. The van der Waals surface area contributed by atoms with Gasteiger partial charge in [0.2, 0.25) is 0 Å². The molecule has 4 saturated carbocycles. The zero-order valence-electron chi connectivity index (χ0n) is 26.4. The lowest BCUT2D eigenvalue weighted by atomic mass is 9.83. The Labute approximate surface area is 272 Å². The molecule has 2 nitrogen and oxygen atoms in total. The van der Waals surface area contributed by atoms with Crippen LogP contribution in [0.2, 0.25) is 0 Å². The maximum absolute atomic E-state index is 6.39. The molecular formula is C44H41NO. The van der Waals surface area contributed by atoms with E-state index in [1.54, 1.807) is 0 Å². The van der Waals surface area contributed by atoms with Crippen LogP contribution >= 0.6 is 0 Å². The first-order valence-corrected chi connectivity index (χ1v) is 17.8. The highest BCUT2D eigenvalue weighted by molar-refractivity contribution is 6.09. The first kappa shape index (κ1) is 26.9. The van der Waals surface area contributed by atoms with Crippen LogP contribution < -0.4 is 4.90 Å². The molecular weight excluding hydrogens is 558 g/mol. The summed E-state index contributed by atoms with van der Waals surface area (Å²) in [6.45, 7) is 0. The fourth-order valence-corrected chi connectivity index (χ4v) is 10.3. The van der Waals surface area contributed by atoms with E-state index < -0.39 is 0 Å². The molecule has 4 bridgehead atoms. The predicted molar refractivity (Wildman–Crippen MR) is 190 cm³/mol. The van der Waals surface area contributed by atoms with Crippen LogP contribution in [0.15, 0.2) is 120 Å². The summed E-state index contributed by atoms with van der Waals surface area (Å²) in [4.78, 5) is 2.45. The molecule has 0 amide bonds. The molecule has 6 aromatic rings. The number of benzene rings is 5. The van der Waals surface area contributed by atoms with Gasteiger partial charge in [-0.3, -0.25) is 0 Å². The largest absolute Gasteiger partial charge is 0.455 e. The quantitative estimate of drug-likeness (QED) is 0.189. The molecule has 228 valence electrons. The molecule has 0 aliphatic heterocycles. The van der Waals surface area contributed by atoms with Crippen molar-refractivity contribution >= 4 is 39.0 Å². The fourth-order valence-electron chi connectivity index (χ4n) is 10.3. The van der Waals surface area contributed by atoms with Gasteiger partial charge in [0.15, 0.2) is 0 Å². The Morgan fingerprint density at radius 2 is 1.02 bits per heavy atom. The Kier molecular flexibility index (Phi) is 6.21. The van der Waals surface area contributed by atoms with Gasteiger partial charge in [-0.15, -0.1) is 0 Å². The summed E-state index contributed by atoms with van der Waals surface area (Å²) in [5, 5.41) is 2.34. The number of rotatable bonds is 6. The van der Waals surface area contributed by atoms with Crippen LogP contribution in [0.1, 0.15) is 74.3 Å². The standard InChI is InChI=1S/C44H41NO/c1-2-7-43-39(4-1)40-6-3-5-38(44(40)46-43)30-12-18-35(19-13-30)45(36-20-14-31(15-21-36)41-26-28-8-10-33(41)24-28)37-22-16-32(17-23-37)42-27-29-9-11-34(42)25-29/h1-7,12-23,28-29,33-34,41-42H,8-11,24-27H2. The summed E-state index contributed by atoms with van der Waals surface area (Å²) in [6, 6.07) is 43.1. The maximum Gasteiger partial charge on any atom is 0.143 e. The normalized spacial score (nSPS) is 26.4. The monoisotopic (exact) mass is 599 g/mol. The number of anilines is 3. The zero-order chi connectivity index (χ0) is 30.2. The Morgan fingerprint density at radius 3 is 1.57 bits per heavy atom. The molecule has 0 saturated heterocycles. The molecule has 10 rings (SSSR count).